The average Bonchev–Trinajstić information content (AvgIpc) is 2.99. The van der Waals surface area contributed by atoms with Crippen LogP contribution in [0.1, 0.15) is 245 Å². The lowest BCUT2D eigenvalue weighted by molar-refractivity contribution is -0.925. The Hall–Kier alpha value is -0.0400. The molecule has 0 atom stereocenters. The first-order valence-corrected chi connectivity index (χ1v) is 20.7. The normalized spacial score (nSPS) is 12.4. The number of hydrogen-bond donors (Lipinski definition) is 0. The molecule has 0 rings (SSSR count). The zero-order valence-electron chi connectivity index (χ0n) is 31.7. The Morgan fingerprint density at radius 3 is 0.628 bits per heavy atom. The molecule has 43 heavy (non-hydrogen) atoms. The standard InChI is InChI=1S/C42H88N/c1-7-10-12-14-16-18-20-22-24-26-28-30-32-34-36-38-40-42(9-3,43(4,5)6)41-39-37-35-33-31-29-27-25-23-21-19-17-15-13-11-8-2/h7-41H2,1-6H3/q+1. The van der Waals surface area contributed by atoms with Gasteiger partial charge >= 0.3 is 0 Å². The van der Waals surface area contributed by atoms with Crippen LogP contribution in [0.4, 0.5) is 0 Å². The summed E-state index contributed by atoms with van der Waals surface area (Å²) in [5, 5.41) is 0. The minimum Gasteiger partial charge on any atom is -0.326 e. The average molecular weight is 607 g/mol. The van der Waals surface area contributed by atoms with E-state index in [9.17, 15) is 0 Å². The maximum Gasteiger partial charge on any atom is 0.0983 e. The fourth-order valence-electron chi connectivity index (χ4n) is 7.63. The Bertz CT molecular complexity index is 481. The van der Waals surface area contributed by atoms with E-state index in [-0.39, 0.29) is 0 Å². The molecule has 0 N–H and O–H groups in total. The summed E-state index contributed by atoms with van der Waals surface area (Å²) < 4.78 is 1.15. The third kappa shape index (κ3) is 26.8. The van der Waals surface area contributed by atoms with Crippen LogP contribution in [0.15, 0.2) is 0 Å². The van der Waals surface area contributed by atoms with E-state index in [1.165, 1.54) is 225 Å². The van der Waals surface area contributed by atoms with Gasteiger partial charge in [-0.05, 0) is 19.3 Å². The highest BCUT2D eigenvalue weighted by molar-refractivity contribution is 4.79. The predicted octanol–water partition coefficient (Wildman–Crippen LogP) is 15.1. The smallest absolute Gasteiger partial charge is 0.0983 e. The SMILES string of the molecule is CCCCCCCCCCCCCCCCCCC(CC)(CCCCCCCCCCCCCCCCCC)[N+](C)(C)C. The van der Waals surface area contributed by atoms with Gasteiger partial charge in [0, 0.05) is 12.8 Å². The zero-order valence-corrected chi connectivity index (χ0v) is 31.7. The first-order valence-electron chi connectivity index (χ1n) is 20.7. The maximum atomic E-state index is 2.47. The van der Waals surface area contributed by atoms with Crippen LogP contribution < -0.4 is 0 Å². The van der Waals surface area contributed by atoms with Gasteiger partial charge in [0.2, 0.25) is 0 Å². The Kier molecular flexibility index (Phi) is 31.9. The topological polar surface area (TPSA) is 0 Å². The van der Waals surface area contributed by atoms with Crippen molar-refractivity contribution < 1.29 is 4.48 Å². The van der Waals surface area contributed by atoms with Crippen LogP contribution in [0, 0.1) is 0 Å². The molecular formula is C42H88N+. The summed E-state index contributed by atoms with van der Waals surface area (Å²) in [7, 11) is 7.42. The monoisotopic (exact) mass is 607 g/mol. The van der Waals surface area contributed by atoms with Crippen molar-refractivity contribution in [3.63, 3.8) is 0 Å². The fraction of sp³-hybridized carbons (Fsp3) is 1.00. The Morgan fingerprint density at radius 1 is 0.279 bits per heavy atom. The van der Waals surface area contributed by atoms with Crippen molar-refractivity contribution in [3.8, 4) is 0 Å². The maximum absolute atomic E-state index is 2.47. The molecule has 0 bridgehead atoms. The minimum absolute atomic E-state index is 0.492. The van der Waals surface area contributed by atoms with Crippen molar-refractivity contribution in [3.05, 3.63) is 0 Å². The van der Waals surface area contributed by atoms with Gasteiger partial charge in [0.1, 0.15) is 0 Å². The summed E-state index contributed by atoms with van der Waals surface area (Å²) >= 11 is 0. The molecule has 0 aromatic carbocycles. The van der Waals surface area contributed by atoms with E-state index in [0.29, 0.717) is 5.54 Å². The van der Waals surface area contributed by atoms with Crippen molar-refractivity contribution in [2.75, 3.05) is 21.1 Å². The second kappa shape index (κ2) is 31.9. The van der Waals surface area contributed by atoms with Gasteiger partial charge in [0.05, 0.1) is 26.7 Å². The molecule has 0 aliphatic heterocycles. The summed E-state index contributed by atoms with van der Waals surface area (Å²) in [5.74, 6) is 0. The quantitative estimate of drug-likeness (QED) is 0.0491. The minimum atomic E-state index is 0.492. The van der Waals surface area contributed by atoms with Gasteiger partial charge in [-0.25, -0.2) is 0 Å². The van der Waals surface area contributed by atoms with Gasteiger partial charge in [-0.15, -0.1) is 0 Å². The van der Waals surface area contributed by atoms with E-state index in [0.717, 1.165) is 4.48 Å². The highest BCUT2D eigenvalue weighted by Gasteiger charge is 2.39. The van der Waals surface area contributed by atoms with Crippen molar-refractivity contribution in [1.82, 2.24) is 0 Å². The molecule has 0 aliphatic carbocycles. The van der Waals surface area contributed by atoms with E-state index in [1.807, 2.05) is 0 Å². The first-order chi connectivity index (χ1) is 20.9. The summed E-state index contributed by atoms with van der Waals surface area (Å²) in [4.78, 5) is 0. The molecule has 0 spiro atoms. The molecule has 0 unspecified atom stereocenters. The van der Waals surface area contributed by atoms with Gasteiger partial charge in [0.15, 0.2) is 0 Å². The van der Waals surface area contributed by atoms with Gasteiger partial charge in [-0.3, -0.25) is 0 Å². The van der Waals surface area contributed by atoms with Crippen LogP contribution >= 0.6 is 0 Å². The highest BCUT2D eigenvalue weighted by atomic mass is 15.3. The van der Waals surface area contributed by atoms with Crippen LogP contribution in [-0.4, -0.2) is 31.2 Å². The lowest BCUT2D eigenvalue weighted by atomic mass is 9.81. The molecule has 0 radical (unpaired) electrons. The van der Waals surface area contributed by atoms with Crippen LogP contribution in [0.2, 0.25) is 0 Å². The molecule has 0 heterocycles. The van der Waals surface area contributed by atoms with Crippen LogP contribution in [0.5, 0.6) is 0 Å². The van der Waals surface area contributed by atoms with Crippen molar-refractivity contribution in [2.45, 2.75) is 251 Å². The molecular weight excluding hydrogens is 518 g/mol. The van der Waals surface area contributed by atoms with Gasteiger partial charge in [-0.1, -0.05) is 213 Å². The molecule has 0 saturated carbocycles. The zero-order chi connectivity index (χ0) is 31.7. The molecule has 0 aliphatic rings. The molecule has 0 fully saturated rings. The van der Waals surface area contributed by atoms with Crippen LogP contribution in [0.3, 0.4) is 0 Å². The van der Waals surface area contributed by atoms with Crippen molar-refractivity contribution in [1.29, 1.82) is 0 Å². The van der Waals surface area contributed by atoms with Crippen molar-refractivity contribution in [2.24, 2.45) is 0 Å². The third-order valence-corrected chi connectivity index (χ3v) is 11.1. The van der Waals surface area contributed by atoms with Gasteiger partial charge in [0.25, 0.3) is 0 Å². The second-order valence-electron chi connectivity index (χ2n) is 15.7. The summed E-state index contributed by atoms with van der Waals surface area (Å²) in [6.07, 6.45) is 51.1. The van der Waals surface area contributed by atoms with E-state index in [2.05, 4.69) is 41.9 Å². The summed E-state index contributed by atoms with van der Waals surface area (Å²) in [6.45, 7) is 7.10. The predicted molar refractivity (Wildman–Crippen MR) is 199 cm³/mol. The number of hydrogen-bond acceptors (Lipinski definition) is 0. The Balaban J connectivity index is 3.76. The van der Waals surface area contributed by atoms with Gasteiger partial charge < -0.3 is 4.48 Å². The number of nitrogens with zero attached hydrogens (tertiary/aromatic N) is 1. The van der Waals surface area contributed by atoms with Crippen molar-refractivity contribution >= 4 is 0 Å². The Morgan fingerprint density at radius 2 is 0.465 bits per heavy atom. The molecule has 0 saturated heterocycles. The van der Waals surface area contributed by atoms with E-state index < -0.39 is 0 Å². The second-order valence-corrected chi connectivity index (χ2v) is 15.7. The number of rotatable bonds is 36. The number of unbranched alkanes of at least 4 members (excludes halogenated alkanes) is 30. The molecule has 0 aromatic heterocycles. The highest BCUT2D eigenvalue weighted by Crippen LogP contribution is 2.35. The molecule has 0 amide bonds. The Labute approximate surface area is 276 Å². The number of quaternary nitrogens is 1. The molecule has 1 nitrogen and oxygen atoms in total. The molecule has 0 aromatic rings. The lowest BCUT2D eigenvalue weighted by Gasteiger charge is -2.46. The van der Waals surface area contributed by atoms with E-state index in [1.54, 1.807) is 0 Å². The molecule has 1 heteroatoms. The fourth-order valence-corrected chi connectivity index (χ4v) is 7.63. The first kappa shape index (κ1) is 43.0. The summed E-state index contributed by atoms with van der Waals surface area (Å²) in [6, 6.07) is 0. The van der Waals surface area contributed by atoms with E-state index >= 15 is 0 Å². The van der Waals surface area contributed by atoms with E-state index in [4.69, 9.17) is 0 Å². The van der Waals surface area contributed by atoms with Gasteiger partial charge in [-0.2, -0.15) is 0 Å². The summed E-state index contributed by atoms with van der Waals surface area (Å²) in [5.41, 5.74) is 0.492. The molecule has 260 valence electrons. The van der Waals surface area contributed by atoms with Crippen LogP contribution in [0.25, 0.3) is 0 Å². The lowest BCUT2D eigenvalue weighted by Crippen LogP contribution is -2.56. The largest absolute Gasteiger partial charge is 0.326 e. The van der Waals surface area contributed by atoms with Crippen LogP contribution in [-0.2, 0) is 0 Å². The third-order valence-electron chi connectivity index (χ3n) is 11.1.